The zero-order chi connectivity index (χ0) is 29.3. The van der Waals surface area contributed by atoms with Crippen LogP contribution in [0.5, 0.6) is 17.2 Å². The maximum atomic E-state index is 13.8. The van der Waals surface area contributed by atoms with Gasteiger partial charge in [0, 0.05) is 11.6 Å². The van der Waals surface area contributed by atoms with Crippen molar-refractivity contribution < 1.29 is 34.0 Å². The SMILES string of the molecule is CCOC(=O)C1=C(C)N=c2s/c(=C\c3cc([N+](=O)[O-])cc([N+](=O)[O-])c3O)c(=O)n2[C@H]1c1ccc(OC)c(OC)c1. The largest absolute Gasteiger partial charge is 0.502 e. The van der Waals surface area contributed by atoms with E-state index in [2.05, 4.69) is 4.99 Å². The summed E-state index contributed by atoms with van der Waals surface area (Å²) in [6.45, 7) is 3.30. The van der Waals surface area contributed by atoms with Crippen molar-refractivity contribution in [3.05, 3.63) is 92.6 Å². The summed E-state index contributed by atoms with van der Waals surface area (Å²) >= 11 is 0.876. The highest BCUT2D eigenvalue weighted by Crippen LogP contribution is 2.37. The van der Waals surface area contributed by atoms with E-state index in [4.69, 9.17) is 14.2 Å². The van der Waals surface area contributed by atoms with Gasteiger partial charge in [0.05, 0.1) is 58.6 Å². The van der Waals surface area contributed by atoms with Crippen molar-refractivity contribution in [2.24, 2.45) is 4.99 Å². The lowest BCUT2D eigenvalue weighted by atomic mass is 9.95. The number of nitro groups is 2. The molecule has 0 fully saturated rings. The van der Waals surface area contributed by atoms with Gasteiger partial charge in [0.15, 0.2) is 16.3 Å². The smallest absolute Gasteiger partial charge is 0.338 e. The maximum Gasteiger partial charge on any atom is 0.338 e. The highest BCUT2D eigenvalue weighted by molar-refractivity contribution is 7.07. The fraction of sp³-hybridized carbons (Fsp3) is 0.240. The monoisotopic (exact) mass is 570 g/mol. The third-order valence-corrected chi connectivity index (χ3v) is 7.02. The van der Waals surface area contributed by atoms with Gasteiger partial charge in [-0.2, -0.15) is 0 Å². The van der Waals surface area contributed by atoms with Crippen molar-refractivity contribution in [1.29, 1.82) is 0 Å². The van der Waals surface area contributed by atoms with Crippen molar-refractivity contribution >= 4 is 34.8 Å². The Morgan fingerprint density at radius 1 is 1.15 bits per heavy atom. The molecule has 1 aliphatic rings. The highest BCUT2D eigenvalue weighted by atomic mass is 32.1. The number of hydrogen-bond donors (Lipinski definition) is 1. The number of non-ortho nitro benzene ring substituents is 1. The maximum absolute atomic E-state index is 13.8. The van der Waals surface area contributed by atoms with Crippen LogP contribution >= 0.6 is 11.3 Å². The summed E-state index contributed by atoms with van der Waals surface area (Å²) in [5, 5.41) is 33.2. The molecule has 40 heavy (non-hydrogen) atoms. The van der Waals surface area contributed by atoms with E-state index in [0.29, 0.717) is 28.8 Å². The van der Waals surface area contributed by atoms with Crippen molar-refractivity contribution in [2.75, 3.05) is 20.8 Å². The summed E-state index contributed by atoms with van der Waals surface area (Å²) < 4.78 is 17.2. The van der Waals surface area contributed by atoms with Gasteiger partial charge in [0.2, 0.25) is 5.75 Å². The molecule has 3 aromatic rings. The Morgan fingerprint density at radius 3 is 2.45 bits per heavy atom. The van der Waals surface area contributed by atoms with E-state index < -0.39 is 44.5 Å². The van der Waals surface area contributed by atoms with E-state index in [0.717, 1.165) is 23.5 Å². The van der Waals surface area contributed by atoms with Crippen LogP contribution in [0, 0.1) is 20.2 Å². The molecule has 0 aliphatic carbocycles. The number of benzene rings is 2. The molecule has 1 aromatic heterocycles. The number of aromatic hydroxyl groups is 1. The van der Waals surface area contributed by atoms with E-state index in [-0.39, 0.29) is 27.1 Å². The number of methoxy groups -OCH3 is 2. The van der Waals surface area contributed by atoms with Crippen molar-refractivity contribution in [3.63, 3.8) is 0 Å². The molecule has 2 heterocycles. The van der Waals surface area contributed by atoms with Gasteiger partial charge in [-0.3, -0.25) is 29.6 Å². The van der Waals surface area contributed by atoms with Gasteiger partial charge in [0.1, 0.15) is 0 Å². The van der Waals surface area contributed by atoms with Crippen LogP contribution < -0.4 is 24.4 Å². The standard InChI is InChI=1S/C25H22N4O10S/c1-5-39-24(32)20-12(2)26-25-27(21(20)13-6-7-17(37-3)18(9-13)38-4)23(31)19(40-25)10-14-8-15(28(33)34)11-16(22(14)30)29(35)36/h6-11,21,30H,5H2,1-4H3/b19-10-/t21-/m0/s1. The number of nitro benzene ring substituents is 2. The lowest BCUT2D eigenvalue weighted by Gasteiger charge is -2.25. The number of fused-ring (bicyclic) bond motifs is 1. The topological polar surface area (TPSA) is 186 Å². The molecule has 0 unspecified atom stereocenters. The molecule has 14 nitrogen and oxygen atoms in total. The first kappa shape index (κ1) is 28.0. The van der Waals surface area contributed by atoms with Crippen molar-refractivity contribution in [1.82, 2.24) is 4.57 Å². The number of ether oxygens (including phenoxy) is 3. The Kier molecular flexibility index (Phi) is 7.68. The summed E-state index contributed by atoms with van der Waals surface area (Å²) in [7, 11) is 2.90. The lowest BCUT2D eigenvalue weighted by Crippen LogP contribution is -2.40. The fourth-order valence-electron chi connectivity index (χ4n) is 4.25. The lowest BCUT2D eigenvalue weighted by molar-refractivity contribution is -0.394. The van der Waals surface area contributed by atoms with E-state index in [1.165, 1.54) is 18.8 Å². The molecular formula is C25H22N4O10S. The first-order valence-corrected chi connectivity index (χ1v) is 12.4. The summed E-state index contributed by atoms with van der Waals surface area (Å²) in [6.07, 6.45) is 1.11. The number of allylic oxidation sites excluding steroid dienone is 1. The van der Waals surface area contributed by atoms with E-state index >= 15 is 0 Å². The third kappa shape index (κ3) is 4.89. The molecule has 2 aromatic carbocycles. The number of thiazole rings is 1. The molecule has 0 saturated heterocycles. The molecule has 1 aliphatic heterocycles. The fourth-order valence-corrected chi connectivity index (χ4v) is 5.29. The average molecular weight is 571 g/mol. The summed E-state index contributed by atoms with van der Waals surface area (Å²) in [6, 6.07) is 5.40. The number of aromatic nitrogens is 1. The number of phenols is 1. The van der Waals surface area contributed by atoms with E-state index in [1.54, 1.807) is 32.0 Å². The average Bonchev–Trinajstić information content (AvgIpc) is 3.22. The number of rotatable bonds is 8. The van der Waals surface area contributed by atoms with Gasteiger partial charge < -0.3 is 19.3 Å². The number of phenolic OH excluding ortho intramolecular Hbond substituents is 1. The van der Waals surface area contributed by atoms with Gasteiger partial charge in [-0.15, -0.1) is 0 Å². The molecule has 0 spiro atoms. The number of carbonyl (C=O) groups is 1. The molecular weight excluding hydrogens is 548 g/mol. The molecule has 0 amide bonds. The van der Waals surface area contributed by atoms with Gasteiger partial charge in [-0.1, -0.05) is 17.4 Å². The second-order valence-electron chi connectivity index (χ2n) is 8.33. The van der Waals surface area contributed by atoms with Crippen LogP contribution in [0.15, 0.2) is 51.4 Å². The molecule has 1 atom stereocenters. The van der Waals surface area contributed by atoms with Crippen molar-refractivity contribution in [2.45, 2.75) is 19.9 Å². The van der Waals surface area contributed by atoms with Crippen LogP contribution in [0.1, 0.15) is 31.0 Å². The molecule has 208 valence electrons. The van der Waals surface area contributed by atoms with E-state index in [1.807, 2.05) is 0 Å². The zero-order valence-electron chi connectivity index (χ0n) is 21.6. The number of hydrogen-bond acceptors (Lipinski definition) is 12. The zero-order valence-corrected chi connectivity index (χ0v) is 22.4. The van der Waals surface area contributed by atoms with E-state index in [9.17, 15) is 34.9 Å². The second-order valence-corrected chi connectivity index (χ2v) is 9.34. The minimum Gasteiger partial charge on any atom is -0.502 e. The van der Waals surface area contributed by atoms with Gasteiger partial charge in [-0.25, -0.2) is 9.79 Å². The minimum absolute atomic E-state index is 0.0489. The van der Waals surface area contributed by atoms with Crippen LogP contribution in [-0.2, 0) is 9.53 Å². The molecule has 0 bridgehead atoms. The van der Waals surface area contributed by atoms with Crippen LogP contribution in [0.2, 0.25) is 0 Å². The van der Waals surface area contributed by atoms with Crippen LogP contribution in [-0.4, -0.2) is 46.3 Å². The second kappa shape index (κ2) is 11.0. The first-order valence-electron chi connectivity index (χ1n) is 11.6. The Labute approximate surface area is 229 Å². The summed E-state index contributed by atoms with van der Waals surface area (Å²) in [5.41, 5.74) is -1.65. The predicted molar refractivity (Wildman–Crippen MR) is 141 cm³/mol. The summed E-state index contributed by atoms with van der Waals surface area (Å²) in [5.74, 6) is -0.778. The van der Waals surface area contributed by atoms with Crippen LogP contribution in [0.3, 0.4) is 0 Å². The quantitative estimate of drug-likeness (QED) is 0.239. The van der Waals surface area contributed by atoms with Gasteiger partial charge >= 0.3 is 11.7 Å². The highest BCUT2D eigenvalue weighted by Gasteiger charge is 2.34. The summed E-state index contributed by atoms with van der Waals surface area (Å²) in [4.78, 5) is 52.3. The van der Waals surface area contributed by atoms with Gasteiger partial charge in [-0.05, 0) is 37.6 Å². The van der Waals surface area contributed by atoms with Gasteiger partial charge in [0.25, 0.3) is 11.2 Å². The van der Waals surface area contributed by atoms with Crippen LogP contribution in [0.4, 0.5) is 11.4 Å². The van der Waals surface area contributed by atoms with Crippen LogP contribution in [0.25, 0.3) is 6.08 Å². The Bertz CT molecular complexity index is 1770. The minimum atomic E-state index is -1.01. The number of nitrogens with zero attached hydrogens (tertiary/aromatic N) is 4. The molecule has 4 rings (SSSR count). The number of carbonyl (C=O) groups excluding carboxylic acids is 1. The van der Waals surface area contributed by atoms with Crippen molar-refractivity contribution in [3.8, 4) is 17.2 Å². The Morgan fingerprint density at radius 2 is 1.85 bits per heavy atom. The number of esters is 1. The third-order valence-electron chi connectivity index (χ3n) is 6.04. The Balaban J connectivity index is 2.02. The molecule has 0 radical (unpaired) electrons. The predicted octanol–water partition coefficient (Wildman–Crippen LogP) is 2.34. The first-order chi connectivity index (χ1) is 19.0. The molecule has 15 heteroatoms. The molecule has 0 saturated carbocycles. The molecule has 1 N–H and O–H groups in total. The normalized spacial score (nSPS) is 14.8. The Hall–Kier alpha value is -5.05.